The molecule has 0 spiro atoms. The quantitative estimate of drug-likeness (QED) is 0.338. The van der Waals surface area contributed by atoms with Crippen molar-refractivity contribution in [3.8, 4) is 6.07 Å². The number of aromatic amines is 1. The number of benzene rings is 3. The Morgan fingerprint density at radius 1 is 1.03 bits per heavy atom. The Morgan fingerprint density at radius 2 is 1.84 bits per heavy atom. The number of aryl methyl sites for hydroxylation is 3. The first-order valence-electron chi connectivity index (χ1n) is 10.7. The topological polar surface area (TPSA) is 57.4 Å². The number of imidazole rings is 1. The van der Waals surface area contributed by atoms with Crippen LogP contribution in [0.4, 0.5) is 0 Å². The number of allylic oxidation sites excluding steroid dienone is 1. The van der Waals surface area contributed by atoms with Gasteiger partial charge in [0.1, 0.15) is 11.9 Å². The van der Waals surface area contributed by atoms with Crippen LogP contribution in [0.25, 0.3) is 33.6 Å². The van der Waals surface area contributed by atoms with Crippen molar-refractivity contribution in [3.63, 3.8) is 0 Å². The maximum absolute atomic E-state index is 9.93. The van der Waals surface area contributed by atoms with Crippen LogP contribution in [0.5, 0.6) is 0 Å². The van der Waals surface area contributed by atoms with E-state index in [2.05, 4.69) is 97.2 Å². The molecule has 32 heavy (non-hydrogen) atoms. The molecule has 4 nitrogen and oxygen atoms in total. The Hall–Kier alpha value is -4.10. The van der Waals surface area contributed by atoms with Gasteiger partial charge in [-0.15, -0.1) is 0 Å². The second-order valence-corrected chi connectivity index (χ2v) is 8.43. The SMILES string of the molecule is Cc1cccc(Cn2cc(C=C(C#N)c3nc4cc(C)c(C)cc4[nH]3)c3ccccc32)c1. The monoisotopic (exact) mass is 416 g/mol. The summed E-state index contributed by atoms with van der Waals surface area (Å²) in [4.78, 5) is 8.02. The molecule has 0 saturated carbocycles. The molecule has 2 heterocycles. The molecule has 0 bridgehead atoms. The molecular formula is C28H24N4. The number of hydrogen-bond donors (Lipinski definition) is 1. The van der Waals surface area contributed by atoms with Gasteiger partial charge in [-0.2, -0.15) is 5.26 Å². The van der Waals surface area contributed by atoms with Crippen LogP contribution in [0.2, 0.25) is 0 Å². The van der Waals surface area contributed by atoms with E-state index < -0.39 is 0 Å². The standard InChI is InChI=1S/C28H24N4/c1-18-7-6-8-21(11-18)16-32-17-23(24-9-4-5-10-27(24)32)14-22(15-29)28-30-25-12-19(2)20(3)13-26(25)31-28/h4-14,17H,16H2,1-3H3,(H,30,31). The fourth-order valence-electron chi connectivity index (χ4n) is 4.23. The summed E-state index contributed by atoms with van der Waals surface area (Å²) in [6.45, 7) is 7.05. The van der Waals surface area contributed by atoms with Crippen molar-refractivity contribution in [2.75, 3.05) is 0 Å². The van der Waals surface area contributed by atoms with Gasteiger partial charge in [0, 0.05) is 29.2 Å². The van der Waals surface area contributed by atoms with E-state index in [1.807, 2.05) is 12.1 Å². The second-order valence-electron chi connectivity index (χ2n) is 8.43. The Labute approximate surface area is 187 Å². The number of para-hydroxylation sites is 1. The minimum absolute atomic E-state index is 0.523. The normalized spacial score (nSPS) is 11.9. The van der Waals surface area contributed by atoms with Gasteiger partial charge < -0.3 is 9.55 Å². The van der Waals surface area contributed by atoms with E-state index in [1.54, 1.807) is 0 Å². The van der Waals surface area contributed by atoms with Gasteiger partial charge in [0.2, 0.25) is 0 Å². The minimum atomic E-state index is 0.523. The summed E-state index contributed by atoms with van der Waals surface area (Å²) in [6, 6.07) is 23.4. The van der Waals surface area contributed by atoms with Crippen molar-refractivity contribution >= 4 is 33.6 Å². The molecule has 2 aromatic heterocycles. The zero-order chi connectivity index (χ0) is 22.2. The number of aromatic nitrogens is 3. The summed E-state index contributed by atoms with van der Waals surface area (Å²) in [6.07, 6.45) is 4.06. The van der Waals surface area contributed by atoms with Crippen LogP contribution in [0.15, 0.2) is 66.9 Å². The van der Waals surface area contributed by atoms with Crippen molar-refractivity contribution in [1.82, 2.24) is 14.5 Å². The van der Waals surface area contributed by atoms with Gasteiger partial charge >= 0.3 is 0 Å². The average Bonchev–Trinajstić information content (AvgIpc) is 3.33. The van der Waals surface area contributed by atoms with Gasteiger partial charge in [0.15, 0.2) is 0 Å². The lowest BCUT2D eigenvalue weighted by atomic mass is 10.1. The second kappa shape index (κ2) is 7.86. The first-order chi connectivity index (χ1) is 15.5. The molecule has 1 N–H and O–H groups in total. The Kier molecular flexibility index (Phi) is 4.88. The molecule has 0 unspecified atom stereocenters. The van der Waals surface area contributed by atoms with Gasteiger partial charge in [-0.1, -0.05) is 48.0 Å². The van der Waals surface area contributed by atoms with Crippen molar-refractivity contribution < 1.29 is 0 Å². The zero-order valence-electron chi connectivity index (χ0n) is 18.5. The third-order valence-electron chi connectivity index (χ3n) is 6.03. The smallest absolute Gasteiger partial charge is 0.149 e. The summed E-state index contributed by atoms with van der Waals surface area (Å²) in [5.74, 6) is 0.600. The zero-order valence-corrected chi connectivity index (χ0v) is 18.5. The van der Waals surface area contributed by atoms with E-state index in [0.717, 1.165) is 34.0 Å². The highest BCUT2D eigenvalue weighted by molar-refractivity contribution is 5.98. The predicted molar refractivity (Wildman–Crippen MR) is 131 cm³/mol. The van der Waals surface area contributed by atoms with E-state index in [4.69, 9.17) is 4.98 Å². The Balaban J connectivity index is 1.60. The number of nitriles is 1. The lowest BCUT2D eigenvalue weighted by Gasteiger charge is -2.06. The van der Waals surface area contributed by atoms with E-state index in [1.165, 1.54) is 22.3 Å². The van der Waals surface area contributed by atoms with E-state index in [-0.39, 0.29) is 0 Å². The molecule has 0 aliphatic rings. The van der Waals surface area contributed by atoms with Crippen LogP contribution in [-0.2, 0) is 6.54 Å². The van der Waals surface area contributed by atoms with Gasteiger partial charge in [-0.05, 0) is 61.7 Å². The minimum Gasteiger partial charge on any atom is -0.342 e. The molecule has 0 radical (unpaired) electrons. The van der Waals surface area contributed by atoms with Crippen LogP contribution < -0.4 is 0 Å². The highest BCUT2D eigenvalue weighted by Crippen LogP contribution is 2.27. The molecule has 5 rings (SSSR count). The highest BCUT2D eigenvalue weighted by Gasteiger charge is 2.12. The maximum Gasteiger partial charge on any atom is 0.149 e. The molecule has 0 atom stereocenters. The first kappa shape index (κ1) is 19.8. The molecule has 0 aliphatic carbocycles. The molecule has 156 valence electrons. The lowest BCUT2D eigenvalue weighted by Crippen LogP contribution is -1.97. The summed E-state index contributed by atoms with van der Waals surface area (Å²) >= 11 is 0. The molecule has 0 saturated heterocycles. The van der Waals surface area contributed by atoms with Crippen LogP contribution in [0.1, 0.15) is 33.6 Å². The van der Waals surface area contributed by atoms with E-state index in [0.29, 0.717) is 11.4 Å². The molecular weight excluding hydrogens is 392 g/mol. The summed E-state index contributed by atoms with van der Waals surface area (Å²) in [5, 5.41) is 11.1. The van der Waals surface area contributed by atoms with Crippen LogP contribution in [0.3, 0.4) is 0 Å². The molecule has 5 aromatic rings. The fourth-order valence-corrected chi connectivity index (χ4v) is 4.23. The maximum atomic E-state index is 9.93. The molecule has 0 fully saturated rings. The van der Waals surface area contributed by atoms with Crippen LogP contribution >= 0.6 is 0 Å². The lowest BCUT2D eigenvalue weighted by molar-refractivity contribution is 0.835. The fraction of sp³-hybridized carbons (Fsp3) is 0.143. The van der Waals surface area contributed by atoms with Gasteiger partial charge in [-0.25, -0.2) is 4.98 Å². The Bertz CT molecular complexity index is 1500. The number of hydrogen-bond acceptors (Lipinski definition) is 2. The van der Waals surface area contributed by atoms with Crippen molar-refractivity contribution in [1.29, 1.82) is 5.26 Å². The largest absolute Gasteiger partial charge is 0.342 e. The summed E-state index contributed by atoms with van der Waals surface area (Å²) in [7, 11) is 0. The van der Waals surface area contributed by atoms with Crippen molar-refractivity contribution in [2.24, 2.45) is 0 Å². The van der Waals surface area contributed by atoms with Gasteiger partial charge in [0.25, 0.3) is 0 Å². The first-order valence-corrected chi connectivity index (χ1v) is 10.7. The molecule has 0 amide bonds. The molecule has 0 aliphatic heterocycles. The summed E-state index contributed by atoms with van der Waals surface area (Å²) < 4.78 is 2.25. The number of fused-ring (bicyclic) bond motifs is 2. The van der Waals surface area contributed by atoms with Crippen LogP contribution in [0, 0.1) is 32.1 Å². The third-order valence-corrected chi connectivity index (χ3v) is 6.03. The summed E-state index contributed by atoms with van der Waals surface area (Å²) in [5.41, 5.74) is 9.41. The number of rotatable bonds is 4. The molecule has 3 aromatic carbocycles. The van der Waals surface area contributed by atoms with E-state index >= 15 is 0 Å². The number of H-pyrrole nitrogens is 1. The van der Waals surface area contributed by atoms with Crippen LogP contribution in [-0.4, -0.2) is 14.5 Å². The average molecular weight is 417 g/mol. The predicted octanol–water partition coefficient (Wildman–Crippen LogP) is 6.56. The molecule has 4 heteroatoms. The highest BCUT2D eigenvalue weighted by atomic mass is 15.0. The number of nitrogens with one attached hydrogen (secondary N) is 1. The van der Waals surface area contributed by atoms with Gasteiger partial charge in [-0.3, -0.25) is 0 Å². The van der Waals surface area contributed by atoms with Crippen molar-refractivity contribution in [3.05, 3.63) is 101 Å². The van der Waals surface area contributed by atoms with Gasteiger partial charge in [0.05, 0.1) is 16.6 Å². The third kappa shape index (κ3) is 3.59. The van der Waals surface area contributed by atoms with E-state index in [9.17, 15) is 5.26 Å². The number of nitrogens with zero attached hydrogens (tertiary/aromatic N) is 3. The van der Waals surface area contributed by atoms with Crippen molar-refractivity contribution in [2.45, 2.75) is 27.3 Å². The Morgan fingerprint density at radius 3 is 2.66 bits per heavy atom.